The molecule has 10 N–H and O–H groups in total. The molecule has 2 bridgehead atoms. The molecule has 0 unspecified atom stereocenters. The first-order valence-corrected chi connectivity index (χ1v) is 45.0. The monoisotopic (exact) mass is 1790 g/mol. The van der Waals surface area contributed by atoms with E-state index in [2.05, 4.69) is 41.2 Å². The lowest BCUT2D eigenvalue weighted by Crippen LogP contribution is -2.61. The van der Waals surface area contributed by atoms with Crippen molar-refractivity contribution in [2.75, 3.05) is 139 Å². The number of H-pyrrole nitrogens is 1. The molecule has 708 valence electrons. The summed E-state index contributed by atoms with van der Waals surface area (Å²) in [5, 5.41) is 67.9. The highest BCUT2D eigenvalue weighted by Gasteiger charge is 2.53. The van der Waals surface area contributed by atoms with Crippen molar-refractivity contribution in [3.05, 3.63) is 90.1 Å². The summed E-state index contributed by atoms with van der Waals surface area (Å²) in [4.78, 5) is 122. The van der Waals surface area contributed by atoms with Crippen molar-refractivity contribution in [2.45, 2.75) is 219 Å². The molecule has 5 aromatic rings. The van der Waals surface area contributed by atoms with Gasteiger partial charge in [0.15, 0.2) is 11.4 Å². The number of unbranched alkanes of at least 4 members (excludes halogenated alkanes) is 1. The molecule has 0 spiro atoms. The molecule has 0 radical (unpaired) electrons. The number of aliphatic hydroxyl groups excluding tert-OH is 2. The molecule has 4 amide bonds. The van der Waals surface area contributed by atoms with Gasteiger partial charge >= 0.3 is 12.1 Å². The van der Waals surface area contributed by atoms with E-state index >= 15 is 0 Å². The zero-order valence-electron chi connectivity index (χ0n) is 75.6. The number of piperidine rings is 1. The Morgan fingerprint density at radius 2 is 1.39 bits per heavy atom. The summed E-state index contributed by atoms with van der Waals surface area (Å²) in [6.45, 7) is 17.9. The lowest BCUT2D eigenvalue weighted by atomic mass is 9.77. The Balaban J connectivity index is 0.594. The number of Topliss-reactive ketones (excluding diaryl/α,β-unsaturated/α-hetero) is 3. The van der Waals surface area contributed by atoms with Crippen molar-refractivity contribution in [3.8, 4) is 17.1 Å². The molecule has 37 heteroatoms. The third kappa shape index (κ3) is 31.5. The third-order valence-corrected chi connectivity index (χ3v) is 23.9. The summed E-state index contributed by atoms with van der Waals surface area (Å²) in [6.07, 6.45) is 13.9. The standard InChI is InChI=1S/C91H135N13O24/c1-58-17-11-10-12-18-59(2)75(117-8)53-69-23-20-64(7)91(116,128-69)85(112)88(113)102-31-15-13-19-73(102)89(114)127-76(54-74(106)60(3)48-63(6)83(110)84(111)82(109)62(5)47-58)61(4)49-65-21-25-72(77(50-65)118-9)104-55-67(99-101-104)56-126-90(115)95-30-36-122-40-44-123-41-37-120-34-27-79(108)94-29-35-121-39-43-125-46-45-124-42-38-119-33-26-78(107)93-28-14-16-32-103-87-80(86(92)96-57-97-87)81(100-103)71-52-66-51-68(105)22-24-70(66)98-71/h10-12,17-18,22,24,48,51-52,55,57-58,60-62,64-65,69,72-73,75-77,83-84,98,105,110-111,116H,13-16,19-21,23,25-47,49-50,53-54,56H2,1-9H3,(H,93,107)(H,94,108)(H,95,115)(H2,92,96,97)/b12-10+,17-11+,59-18+,63-48+/t58-,60-,61-,62-,64-,65+,69+,72+,73+,75+,76+,77-,83-,84+,91-/m1/s1. The molecule has 1 saturated carbocycles. The molecule has 3 fully saturated rings. The average Bonchev–Trinajstić information content (AvgIpc) is 1.47. The van der Waals surface area contributed by atoms with Crippen molar-refractivity contribution in [2.24, 2.45) is 35.5 Å². The van der Waals surface area contributed by atoms with E-state index in [0.717, 1.165) is 39.9 Å². The Kier molecular flexibility index (Phi) is 42.5. The number of fused-ring (bicyclic) bond motifs is 5. The number of phenols is 1. The maximum absolute atomic E-state index is 14.8. The number of aromatic amines is 1. The Bertz CT molecular complexity index is 4490. The molecule has 7 heterocycles. The van der Waals surface area contributed by atoms with Crippen molar-refractivity contribution in [3.63, 3.8) is 0 Å². The number of alkyl carbamates (subject to hydrolysis) is 1. The molecular formula is C91H135N13O24. The highest BCUT2D eigenvalue weighted by atomic mass is 16.6. The van der Waals surface area contributed by atoms with E-state index in [1.165, 1.54) is 19.3 Å². The number of anilines is 1. The van der Waals surface area contributed by atoms with E-state index < -0.39 is 95.6 Å². The summed E-state index contributed by atoms with van der Waals surface area (Å²) in [7, 11) is 3.16. The Hall–Kier alpha value is -9.35. The zero-order valence-corrected chi connectivity index (χ0v) is 75.6. The number of methoxy groups -OCH3 is 2. The third-order valence-electron chi connectivity index (χ3n) is 23.9. The second-order valence-corrected chi connectivity index (χ2v) is 33.7. The fourth-order valence-corrected chi connectivity index (χ4v) is 16.5. The number of nitrogens with two attached hydrogens (primary N) is 1. The lowest BCUT2D eigenvalue weighted by molar-refractivity contribution is -0.265. The number of phenolic OH excluding ortho intramolecular Hbond substituents is 1. The summed E-state index contributed by atoms with van der Waals surface area (Å²) in [5.74, 6) is -9.04. The number of allylic oxidation sites excluding steroid dienone is 6. The quantitative estimate of drug-likeness (QED) is 0.00795. The van der Waals surface area contributed by atoms with Gasteiger partial charge in [0.1, 0.15) is 66.0 Å². The molecule has 1 aromatic carbocycles. The number of nitrogen functional groups attached to an aromatic ring is 1. The molecule has 9 rings (SSSR count). The van der Waals surface area contributed by atoms with Gasteiger partial charge in [-0.25, -0.2) is 28.9 Å². The maximum atomic E-state index is 14.8. The molecule has 4 aliphatic rings. The number of carbonyl (C=O) groups excluding carboxylic acids is 8. The number of benzene rings is 1. The van der Waals surface area contributed by atoms with E-state index in [1.807, 2.05) is 57.2 Å². The summed E-state index contributed by atoms with van der Waals surface area (Å²) < 4.78 is 72.4. The smallest absolute Gasteiger partial charge is 0.407 e. The fraction of sp³-hybridized carbons (Fsp3) is 0.659. The number of nitrogens with zero attached hydrogens (tertiary/aromatic N) is 8. The number of nitrogens with one attached hydrogen (secondary N) is 4. The molecular weight excluding hydrogens is 1660 g/mol. The first-order chi connectivity index (χ1) is 61.7. The molecule has 2 saturated heterocycles. The number of amides is 4. The van der Waals surface area contributed by atoms with Crippen molar-refractivity contribution < 1.29 is 116 Å². The van der Waals surface area contributed by atoms with Crippen LogP contribution in [0.5, 0.6) is 5.75 Å². The van der Waals surface area contributed by atoms with Gasteiger partial charge in [-0.05, 0) is 144 Å². The van der Waals surface area contributed by atoms with Crippen LogP contribution in [0.2, 0.25) is 0 Å². The Labute approximate surface area is 747 Å². The van der Waals surface area contributed by atoms with Crippen LogP contribution >= 0.6 is 0 Å². The average molecular weight is 1800 g/mol. The van der Waals surface area contributed by atoms with Crippen LogP contribution in [0, 0.1) is 35.5 Å². The van der Waals surface area contributed by atoms with E-state index in [4.69, 9.17) is 67.7 Å². The largest absolute Gasteiger partial charge is 0.508 e. The Morgan fingerprint density at radius 3 is 2.07 bits per heavy atom. The van der Waals surface area contributed by atoms with Crippen molar-refractivity contribution in [1.82, 2.24) is 60.6 Å². The van der Waals surface area contributed by atoms with Gasteiger partial charge in [0.2, 0.25) is 17.6 Å². The molecule has 1 aliphatic carbocycles. The van der Waals surface area contributed by atoms with E-state index in [0.29, 0.717) is 159 Å². The molecule has 37 nitrogen and oxygen atoms in total. The summed E-state index contributed by atoms with van der Waals surface area (Å²) in [6, 6.07) is 5.51. The van der Waals surface area contributed by atoms with Gasteiger partial charge in [0.05, 0.1) is 134 Å². The number of aliphatic hydroxyl groups is 3. The summed E-state index contributed by atoms with van der Waals surface area (Å²) >= 11 is 0. The number of aromatic nitrogens is 8. The number of rotatable bonds is 41. The first kappa shape index (κ1) is 102. The van der Waals surface area contributed by atoms with Gasteiger partial charge in [0, 0.05) is 101 Å². The maximum Gasteiger partial charge on any atom is 0.407 e. The minimum Gasteiger partial charge on any atom is -0.508 e. The van der Waals surface area contributed by atoms with Crippen LogP contribution in [0.1, 0.15) is 163 Å². The van der Waals surface area contributed by atoms with Crippen LogP contribution in [0.3, 0.4) is 0 Å². The van der Waals surface area contributed by atoms with Crippen LogP contribution in [-0.2, 0) is 104 Å². The van der Waals surface area contributed by atoms with Gasteiger partial charge in [-0.3, -0.25) is 28.8 Å². The van der Waals surface area contributed by atoms with Gasteiger partial charge in [0.25, 0.3) is 11.7 Å². The van der Waals surface area contributed by atoms with Crippen LogP contribution in [0.25, 0.3) is 33.3 Å². The number of cyclic esters (lactones) is 1. The number of esters is 1. The van der Waals surface area contributed by atoms with E-state index in [9.17, 15) is 58.8 Å². The second kappa shape index (κ2) is 53.1. The topological polar surface area (TPSA) is 484 Å². The van der Waals surface area contributed by atoms with Gasteiger partial charge in [-0.2, -0.15) is 5.10 Å². The minimum atomic E-state index is -2.49. The van der Waals surface area contributed by atoms with Crippen LogP contribution < -0.4 is 21.7 Å². The Morgan fingerprint density at radius 1 is 0.727 bits per heavy atom. The number of aryl methyl sites for hydroxylation is 1. The number of ketones is 3. The predicted octanol–water partition coefficient (Wildman–Crippen LogP) is 7.41. The SMILES string of the molecule is CO[C@H]1C[C@@H]2CC[C@@H](C)[C@@](O)(O2)C(=O)C(=O)N2CCCC[C@H]2C(=O)O[C@H]([C@H](C)C[C@@H]2CC[C@H](n3cc(COC(=O)NCCOCCOCCOCCC(=O)NCCOCCOCCOCCOCCC(=O)NCCCCn4nc(-c5cc6cc(O)ccc6[nH]5)c5c(N)ncnc54)nn3)[C@H](OC)C2)CC(=O)[C@H](C)/C=C(\C)[C@@H](O)[C@@H](O)C(=O)[C@H](C)C[C@H](C)/C=C/C=C/C=C/1C. The fourth-order valence-electron chi connectivity index (χ4n) is 16.5. The number of aromatic hydroxyl groups is 1. The van der Waals surface area contributed by atoms with E-state index in [-0.39, 0.29) is 144 Å². The van der Waals surface area contributed by atoms with E-state index in [1.54, 1.807) is 68.8 Å². The van der Waals surface area contributed by atoms with Crippen LogP contribution in [0.4, 0.5) is 10.6 Å². The van der Waals surface area contributed by atoms with Crippen LogP contribution in [-0.4, -0.2) is 294 Å². The first-order valence-electron chi connectivity index (χ1n) is 45.0. The zero-order chi connectivity index (χ0) is 92.1. The molecule has 3 aliphatic heterocycles. The second-order valence-electron chi connectivity index (χ2n) is 33.7. The molecule has 4 aromatic heterocycles. The molecule has 128 heavy (non-hydrogen) atoms. The number of hydrogen-bond donors (Lipinski definition) is 9. The van der Waals surface area contributed by atoms with Crippen molar-refractivity contribution in [1.29, 1.82) is 0 Å². The van der Waals surface area contributed by atoms with Gasteiger partial charge in [-0.15, -0.1) is 5.10 Å². The highest BCUT2D eigenvalue weighted by molar-refractivity contribution is 6.39. The minimum absolute atomic E-state index is 0.00165. The number of ether oxygens (including phenoxy) is 12. The molecule has 15 atom stereocenters. The number of hydrogen-bond acceptors (Lipinski definition) is 30. The predicted molar refractivity (Wildman–Crippen MR) is 471 cm³/mol. The normalized spacial score (nSPS) is 26.3. The highest BCUT2D eigenvalue weighted by Crippen LogP contribution is 2.41. The van der Waals surface area contributed by atoms with Gasteiger partial charge < -0.3 is 109 Å². The summed E-state index contributed by atoms with van der Waals surface area (Å²) in [5.41, 5.74) is 10.5. The van der Waals surface area contributed by atoms with Crippen LogP contribution in [0.15, 0.2) is 84.4 Å². The number of carbonyl (C=O) groups is 8. The van der Waals surface area contributed by atoms with Crippen molar-refractivity contribution >= 4 is 74.9 Å². The lowest BCUT2D eigenvalue weighted by Gasteiger charge is -2.42. The van der Waals surface area contributed by atoms with Gasteiger partial charge in [-0.1, -0.05) is 76.3 Å².